The van der Waals surface area contributed by atoms with Gasteiger partial charge in [-0.25, -0.2) is 4.79 Å². The van der Waals surface area contributed by atoms with E-state index in [9.17, 15) is 9.59 Å². The van der Waals surface area contributed by atoms with Gasteiger partial charge in [0, 0.05) is 30.3 Å². The number of aromatic nitrogens is 5. The number of rotatable bonds is 3. The first-order valence-electron chi connectivity index (χ1n) is 9.92. The zero-order valence-corrected chi connectivity index (χ0v) is 19.5. The van der Waals surface area contributed by atoms with Crippen molar-refractivity contribution in [3.05, 3.63) is 79.5 Å². The van der Waals surface area contributed by atoms with Gasteiger partial charge in [0.15, 0.2) is 11.2 Å². The molecule has 0 saturated heterocycles. The van der Waals surface area contributed by atoms with Crippen molar-refractivity contribution in [3.8, 4) is 22.7 Å². The van der Waals surface area contributed by atoms with E-state index in [0.29, 0.717) is 16.9 Å². The van der Waals surface area contributed by atoms with E-state index in [0.717, 1.165) is 37.3 Å². The Kier molecular flexibility index (Phi) is 4.59. The molecule has 9 heteroatoms. The third-order valence-corrected chi connectivity index (χ3v) is 6.62. The molecule has 2 aromatic carbocycles. The summed E-state index contributed by atoms with van der Waals surface area (Å²) in [5.74, 6) is 1.30. The van der Waals surface area contributed by atoms with Gasteiger partial charge in [-0.3, -0.25) is 22.9 Å². The SMILES string of the molecule is COc1ccc(-c2cn3c4c(=O)n(C)c(=O)n(C)c4nc3n2-c2ccc(C)c(Br)c2)cc1. The summed E-state index contributed by atoms with van der Waals surface area (Å²) in [6, 6.07) is 13.7. The molecule has 0 amide bonds. The van der Waals surface area contributed by atoms with Crippen LogP contribution in [-0.4, -0.2) is 30.2 Å². The van der Waals surface area contributed by atoms with Crippen molar-refractivity contribution in [1.29, 1.82) is 0 Å². The molecule has 0 atom stereocenters. The molecule has 0 fully saturated rings. The zero-order valence-electron chi connectivity index (χ0n) is 18.0. The van der Waals surface area contributed by atoms with Crippen molar-refractivity contribution in [2.24, 2.45) is 14.1 Å². The highest BCUT2D eigenvalue weighted by molar-refractivity contribution is 9.10. The van der Waals surface area contributed by atoms with Gasteiger partial charge in [-0.05, 0) is 48.9 Å². The lowest BCUT2D eigenvalue weighted by atomic mass is 10.1. The summed E-state index contributed by atoms with van der Waals surface area (Å²) in [4.78, 5) is 30.2. The van der Waals surface area contributed by atoms with Crippen LogP contribution in [0.5, 0.6) is 5.75 Å². The lowest BCUT2D eigenvalue weighted by Gasteiger charge is -2.11. The number of imidazole rings is 2. The second-order valence-corrected chi connectivity index (χ2v) is 8.53. The minimum absolute atomic E-state index is 0.342. The van der Waals surface area contributed by atoms with Crippen molar-refractivity contribution in [1.82, 2.24) is 23.1 Å². The Labute approximate surface area is 191 Å². The summed E-state index contributed by atoms with van der Waals surface area (Å²) >= 11 is 3.62. The van der Waals surface area contributed by atoms with Crippen LogP contribution in [0.25, 0.3) is 33.9 Å². The minimum Gasteiger partial charge on any atom is -0.497 e. The van der Waals surface area contributed by atoms with Crippen LogP contribution in [0.15, 0.2) is 62.7 Å². The Balaban J connectivity index is 1.93. The summed E-state index contributed by atoms with van der Waals surface area (Å²) in [6.45, 7) is 2.02. The van der Waals surface area contributed by atoms with Gasteiger partial charge in [0.2, 0.25) is 5.78 Å². The topological polar surface area (TPSA) is 75.5 Å². The van der Waals surface area contributed by atoms with Crippen LogP contribution in [0.2, 0.25) is 0 Å². The first-order valence-corrected chi connectivity index (χ1v) is 10.7. The Morgan fingerprint density at radius 2 is 1.72 bits per heavy atom. The highest BCUT2D eigenvalue weighted by Crippen LogP contribution is 2.31. The molecule has 0 N–H and O–H groups in total. The van der Waals surface area contributed by atoms with Crippen LogP contribution in [0.3, 0.4) is 0 Å². The largest absolute Gasteiger partial charge is 0.497 e. The van der Waals surface area contributed by atoms with Gasteiger partial charge in [-0.2, -0.15) is 4.98 Å². The number of aryl methyl sites for hydroxylation is 2. The maximum Gasteiger partial charge on any atom is 0.332 e. The molecule has 162 valence electrons. The summed E-state index contributed by atoms with van der Waals surface area (Å²) in [5, 5.41) is 0. The molecule has 5 rings (SSSR count). The van der Waals surface area contributed by atoms with Crippen molar-refractivity contribution < 1.29 is 4.74 Å². The summed E-state index contributed by atoms with van der Waals surface area (Å²) in [7, 11) is 4.72. The van der Waals surface area contributed by atoms with E-state index >= 15 is 0 Å². The molecule has 32 heavy (non-hydrogen) atoms. The zero-order chi connectivity index (χ0) is 22.7. The van der Waals surface area contributed by atoms with Gasteiger partial charge in [-0.1, -0.05) is 22.0 Å². The quantitative estimate of drug-likeness (QED) is 0.385. The molecule has 0 radical (unpaired) electrons. The van der Waals surface area contributed by atoms with Gasteiger partial charge < -0.3 is 4.74 Å². The Hall–Kier alpha value is -3.59. The standard InChI is InChI=1S/C23H20BrN5O3/c1-13-5-8-15(11-17(13)24)29-18(14-6-9-16(32-4)10-7-14)12-28-19-20(25-22(28)29)26(2)23(31)27(3)21(19)30/h5-12H,1-4H3. The third kappa shape index (κ3) is 2.85. The van der Waals surface area contributed by atoms with Gasteiger partial charge in [-0.15, -0.1) is 0 Å². The molecule has 0 aliphatic carbocycles. The molecule has 3 heterocycles. The third-order valence-electron chi connectivity index (χ3n) is 5.76. The van der Waals surface area contributed by atoms with E-state index in [2.05, 4.69) is 15.9 Å². The predicted molar refractivity (Wildman–Crippen MR) is 127 cm³/mol. The molecular formula is C23H20BrN5O3. The van der Waals surface area contributed by atoms with E-state index < -0.39 is 5.69 Å². The number of hydrogen-bond donors (Lipinski definition) is 0. The summed E-state index contributed by atoms with van der Waals surface area (Å²) < 4.78 is 12.5. The maximum absolute atomic E-state index is 13.0. The molecule has 0 aliphatic rings. The average molecular weight is 494 g/mol. The highest BCUT2D eigenvalue weighted by Gasteiger charge is 2.22. The molecule has 0 saturated carbocycles. The Bertz CT molecular complexity index is 1640. The van der Waals surface area contributed by atoms with E-state index in [1.54, 1.807) is 18.6 Å². The smallest absolute Gasteiger partial charge is 0.332 e. The fourth-order valence-electron chi connectivity index (χ4n) is 3.91. The number of nitrogens with zero attached hydrogens (tertiary/aromatic N) is 5. The van der Waals surface area contributed by atoms with Gasteiger partial charge in [0.25, 0.3) is 5.56 Å². The Morgan fingerprint density at radius 1 is 1.00 bits per heavy atom. The molecule has 8 nitrogen and oxygen atoms in total. The van der Waals surface area contributed by atoms with Crippen molar-refractivity contribution in [3.63, 3.8) is 0 Å². The average Bonchev–Trinajstić information content (AvgIpc) is 3.34. The molecule has 3 aromatic heterocycles. The Morgan fingerprint density at radius 3 is 2.38 bits per heavy atom. The second-order valence-electron chi connectivity index (χ2n) is 7.67. The van der Waals surface area contributed by atoms with Crippen LogP contribution < -0.4 is 16.0 Å². The lowest BCUT2D eigenvalue weighted by Crippen LogP contribution is -2.37. The molecule has 0 aliphatic heterocycles. The van der Waals surface area contributed by atoms with Crippen LogP contribution in [-0.2, 0) is 14.1 Å². The number of hydrogen-bond acceptors (Lipinski definition) is 4. The maximum atomic E-state index is 13.0. The van der Waals surface area contributed by atoms with Gasteiger partial charge in [0.05, 0.1) is 18.5 Å². The fourth-order valence-corrected chi connectivity index (χ4v) is 4.28. The molecule has 0 unspecified atom stereocenters. The second kappa shape index (κ2) is 7.23. The predicted octanol–water partition coefficient (Wildman–Crippen LogP) is 3.42. The monoisotopic (exact) mass is 493 g/mol. The molecule has 5 aromatic rings. The number of ether oxygens (including phenoxy) is 1. The highest BCUT2D eigenvalue weighted by atomic mass is 79.9. The van der Waals surface area contributed by atoms with Crippen molar-refractivity contribution in [2.75, 3.05) is 7.11 Å². The summed E-state index contributed by atoms with van der Waals surface area (Å²) in [5.41, 5.74) is 3.65. The number of methoxy groups -OCH3 is 1. The first kappa shape index (κ1) is 20.3. The van der Waals surface area contributed by atoms with Gasteiger partial charge >= 0.3 is 5.69 Å². The number of halogens is 1. The molecule has 0 bridgehead atoms. The van der Waals surface area contributed by atoms with Crippen LogP contribution in [0, 0.1) is 6.92 Å². The van der Waals surface area contributed by atoms with Crippen LogP contribution in [0.1, 0.15) is 5.56 Å². The van der Waals surface area contributed by atoms with Crippen LogP contribution in [0.4, 0.5) is 0 Å². The normalized spacial score (nSPS) is 11.5. The minimum atomic E-state index is -0.414. The van der Waals surface area contributed by atoms with E-state index in [-0.39, 0.29) is 5.56 Å². The van der Waals surface area contributed by atoms with Crippen molar-refractivity contribution >= 4 is 32.9 Å². The van der Waals surface area contributed by atoms with Gasteiger partial charge in [0.1, 0.15) is 5.75 Å². The van der Waals surface area contributed by atoms with E-state index in [1.165, 1.54) is 11.6 Å². The van der Waals surface area contributed by atoms with E-state index in [1.807, 2.05) is 60.2 Å². The lowest BCUT2D eigenvalue weighted by molar-refractivity contribution is 0.415. The summed E-state index contributed by atoms with van der Waals surface area (Å²) in [6.07, 6.45) is 1.88. The number of fused-ring (bicyclic) bond motifs is 3. The van der Waals surface area contributed by atoms with Crippen molar-refractivity contribution in [2.45, 2.75) is 6.92 Å². The molecule has 0 spiro atoms. The number of benzene rings is 2. The fraction of sp³-hybridized carbons (Fsp3) is 0.174. The first-order chi connectivity index (χ1) is 15.3. The van der Waals surface area contributed by atoms with Crippen LogP contribution >= 0.6 is 15.9 Å². The van der Waals surface area contributed by atoms with E-state index in [4.69, 9.17) is 9.72 Å². The molecular weight excluding hydrogens is 474 g/mol.